The molecule has 1 heterocycles. The Morgan fingerprint density at radius 2 is 2.32 bits per heavy atom. The molecule has 0 aromatic carbocycles. The summed E-state index contributed by atoms with van der Waals surface area (Å²) in [5.74, 6) is -1.17. The number of fused-ring (bicyclic) bond motifs is 1. The maximum atomic E-state index is 11.2. The molecule has 106 valence electrons. The lowest BCUT2D eigenvalue weighted by Crippen LogP contribution is -2.17. The molecule has 2 rings (SSSR count). The van der Waals surface area contributed by atoms with Crippen molar-refractivity contribution in [2.75, 3.05) is 26.9 Å². The molecular weight excluding hydrogens is 266 g/mol. The van der Waals surface area contributed by atoms with E-state index >= 15 is 0 Å². The smallest absolute Gasteiger partial charge is 0.312 e. The highest BCUT2D eigenvalue weighted by atomic mass is 32.1. The highest BCUT2D eigenvalue weighted by Crippen LogP contribution is 2.35. The number of aryl methyl sites for hydroxylation is 1. The molecule has 0 bridgehead atoms. The van der Waals surface area contributed by atoms with Crippen LogP contribution in [-0.4, -0.2) is 43.0 Å². The van der Waals surface area contributed by atoms with Crippen LogP contribution in [0.25, 0.3) is 0 Å². The van der Waals surface area contributed by atoms with Gasteiger partial charge in [0.2, 0.25) is 0 Å². The molecule has 1 aliphatic rings. The van der Waals surface area contributed by atoms with Gasteiger partial charge in [-0.05, 0) is 19.3 Å². The molecule has 6 heteroatoms. The molecule has 1 aromatic heterocycles. The van der Waals surface area contributed by atoms with Crippen LogP contribution in [0.3, 0.4) is 0 Å². The van der Waals surface area contributed by atoms with Gasteiger partial charge in [0.05, 0.1) is 36.4 Å². The molecule has 1 atom stereocenters. The summed E-state index contributed by atoms with van der Waals surface area (Å²) in [6.45, 7) is 1.78. The Labute approximate surface area is 116 Å². The molecule has 0 spiro atoms. The number of methoxy groups -OCH3 is 1. The molecule has 0 saturated carbocycles. The second kappa shape index (κ2) is 6.98. The first-order valence-electron chi connectivity index (χ1n) is 6.50. The number of rotatable bonds is 7. The Bertz CT molecular complexity index is 432. The van der Waals surface area contributed by atoms with Crippen molar-refractivity contribution in [3.05, 3.63) is 15.6 Å². The Hall–Kier alpha value is -0.980. The van der Waals surface area contributed by atoms with Crippen LogP contribution >= 0.6 is 11.3 Å². The Morgan fingerprint density at radius 1 is 1.47 bits per heavy atom. The Morgan fingerprint density at radius 3 is 3.05 bits per heavy atom. The van der Waals surface area contributed by atoms with Gasteiger partial charge in [-0.15, -0.1) is 11.3 Å². The van der Waals surface area contributed by atoms with Crippen molar-refractivity contribution in [2.24, 2.45) is 0 Å². The molecule has 1 unspecified atom stereocenters. The summed E-state index contributed by atoms with van der Waals surface area (Å²) in [6, 6.07) is 0. The molecule has 19 heavy (non-hydrogen) atoms. The van der Waals surface area contributed by atoms with Gasteiger partial charge >= 0.3 is 5.97 Å². The van der Waals surface area contributed by atoms with Crippen LogP contribution in [0.2, 0.25) is 0 Å². The van der Waals surface area contributed by atoms with E-state index in [4.69, 9.17) is 9.47 Å². The third kappa shape index (κ3) is 3.75. The van der Waals surface area contributed by atoms with Gasteiger partial charge in [0.15, 0.2) is 0 Å². The lowest BCUT2D eigenvalue weighted by Gasteiger charge is -2.16. The lowest BCUT2D eigenvalue weighted by atomic mass is 9.91. The molecule has 1 N–H and O–H groups in total. The van der Waals surface area contributed by atoms with E-state index in [9.17, 15) is 9.90 Å². The van der Waals surface area contributed by atoms with Gasteiger partial charge in [-0.25, -0.2) is 4.98 Å². The highest BCUT2D eigenvalue weighted by Gasteiger charge is 2.29. The number of carbonyl (C=O) groups is 1. The molecule has 0 fully saturated rings. The topological polar surface area (TPSA) is 68.7 Å². The average Bonchev–Trinajstić information content (AvgIpc) is 2.80. The number of carboxylic acids is 1. The van der Waals surface area contributed by atoms with Gasteiger partial charge in [-0.2, -0.15) is 0 Å². The van der Waals surface area contributed by atoms with Crippen molar-refractivity contribution >= 4 is 17.3 Å². The van der Waals surface area contributed by atoms with Crippen LogP contribution in [0.5, 0.6) is 0 Å². The SMILES string of the molecule is COCCOCCc1nc2c(s1)CCCC2C(=O)O. The summed E-state index contributed by atoms with van der Waals surface area (Å²) in [4.78, 5) is 16.8. The quantitative estimate of drug-likeness (QED) is 0.774. The van der Waals surface area contributed by atoms with Crippen LogP contribution in [-0.2, 0) is 27.1 Å². The molecule has 1 aromatic rings. The molecule has 5 nitrogen and oxygen atoms in total. The van der Waals surface area contributed by atoms with Gasteiger partial charge in [0.25, 0.3) is 0 Å². The molecule has 0 aliphatic heterocycles. The van der Waals surface area contributed by atoms with E-state index in [1.54, 1.807) is 18.4 Å². The van der Waals surface area contributed by atoms with Crippen molar-refractivity contribution in [3.8, 4) is 0 Å². The minimum Gasteiger partial charge on any atom is -0.481 e. The number of nitrogens with zero attached hydrogens (tertiary/aromatic N) is 1. The van der Waals surface area contributed by atoms with Gasteiger partial charge in [0, 0.05) is 18.4 Å². The van der Waals surface area contributed by atoms with Crippen LogP contribution in [0.4, 0.5) is 0 Å². The van der Waals surface area contributed by atoms with Gasteiger partial charge in [-0.1, -0.05) is 0 Å². The van der Waals surface area contributed by atoms with Crippen molar-refractivity contribution in [1.82, 2.24) is 4.98 Å². The maximum Gasteiger partial charge on any atom is 0.312 e. The van der Waals surface area contributed by atoms with E-state index in [-0.39, 0.29) is 0 Å². The van der Waals surface area contributed by atoms with E-state index in [0.717, 1.165) is 34.8 Å². The third-order valence-corrected chi connectivity index (χ3v) is 4.38. The number of aliphatic carboxylic acids is 1. The second-order valence-corrected chi connectivity index (χ2v) is 5.72. The fraction of sp³-hybridized carbons (Fsp3) is 0.692. The monoisotopic (exact) mass is 285 g/mol. The number of carboxylic acid groups (broad SMARTS) is 1. The summed E-state index contributed by atoms with van der Waals surface area (Å²) in [5.41, 5.74) is 0.788. The summed E-state index contributed by atoms with van der Waals surface area (Å²) < 4.78 is 10.3. The molecule has 0 amide bonds. The summed E-state index contributed by atoms with van der Waals surface area (Å²) in [6.07, 6.45) is 3.35. The summed E-state index contributed by atoms with van der Waals surface area (Å²) in [5, 5.41) is 10.2. The Kier molecular flexibility index (Phi) is 5.30. The maximum absolute atomic E-state index is 11.2. The van der Waals surface area contributed by atoms with Crippen molar-refractivity contribution < 1.29 is 19.4 Å². The first-order valence-corrected chi connectivity index (χ1v) is 7.32. The minimum absolute atomic E-state index is 0.414. The molecule has 0 radical (unpaired) electrons. The van der Waals surface area contributed by atoms with E-state index < -0.39 is 11.9 Å². The standard InChI is InChI=1S/C13H19NO4S/c1-17-7-8-18-6-5-11-14-12-9(13(15)16)3-2-4-10(12)19-11/h9H,2-8H2,1H3,(H,15,16). The number of ether oxygens (including phenoxy) is 2. The number of aromatic nitrogens is 1. The Balaban J connectivity index is 1.91. The summed E-state index contributed by atoms with van der Waals surface area (Å²) in [7, 11) is 1.64. The van der Waals surface area contributed by atoms with Crippen molar-refractivity contribution in [1.29, 1.82) is 0 Å². The van der Waals surface area contributed by atoms with Gasteiger partial charge in [-0.3, -0.25) is 4.79 Å². The van der Waals surface area contributed by atoms with E-state index in [0.29, 0.717) is 26.2 Å². The van der Waals surface area contributed by atoms with Gasteiger partial charge < -0.3 is 14.6 Å². The molecule has 0 saturated heterocycles. The molecule has 1 aliphatic carbocycles. The van der Waals surface area contributed by atoms with E-state index in [1.165, 1.54) is 0 Å². The number of hydrogen-bond acceptors (Lipinski definition) is 5. The zero-order valence-corrected chi connectivity index (χ0v) is 11.9. The second-order valence-electron chi connectivity index (χ2n) is 4.55. The van der Waals surface area contributed by atoms with Crippen molar-refractivity contribution in [3.63, 3.8) is 0 Å². The zero-order chi connectivity index (χ0) is 13.7. The van der Waals surface area contributed by atoms with Crippen LogP contribution in [0.1, 0.15) is 34.3 Å². The van der Waals surface area contributed by atoms with Gasteiger partial charge in [0.1, 0.15) is 0 Å². The van der Waals surface area contributed by atoms with E-state index in [1.807, 2.05) is 0 Å². The van der Waals surface area contributed by atoms with Crippen LogP contribution < -0.4 is 0 Å². The lowest BCUT2D eigenvalue weighted by molar-refractivity contribution is -0.139. The number of hydrogen-bond donors (Lipinski definition) is 1. The fourth-order valence-corrected chi connectivity index (χ4v) is 3.37. The number of thiazole rings is 1. The average molecular weight is 285 g/mol. The normalized spacial score (nSPS) is 18.3. The van der Waals surface area contributed by atoms with Crippen molar-refractivity contribution in [2.45, 2.75) is 31.6 Å². The van der Waals surface area contributed by atoms with E-state index in [2.05, 4.69) is 4.98 Å². The predicted molar refractivity (Wildman–Crippen MR) is 71.8 cm³/mol. The third-order valence-electron chi connectivity index (χ3n) is 3.19. The first-order chi connectivity index (χ1) is 9.22. The van der Waals surface area contributed by atoms with Crippen LogP contribution in [0, 0.1) is 0 Å². The zero-order valence-electron chi connectivity index (χ0n) is 11.1. The highest BCUT2D eigenvalue weighted by molar-refractivity contribution is 7.11. The molecular formula is C13H19NO4S. The first kappa shape index (κ1) is 14.4. The fourth-order valence-electron chi connectivity index (χ4n) is 2.22. The largest absolute Gasteiger partial charge is 0.481 e. The predicted octanol–water partition coefficient (Wildman–Crippen LogP) is 1.85. The summed E-state index contributed by atoms with van der Waals surface area (Å²) >= 11 is 1.63. The minimum atomic E-state index is -0.755. The van der Waals surface area contributed by atoms with Crippen LogP contribution in [0.15, 0.2) is 0 Å².